The molecule has 2 aromatic heterocycles. The van der Waals surface area contributed by atoms with Gasteiger partial charge in [0.1, 0.15) is 0 Å². The molecule has 0 spiro atoms. The number of hydrogen-bond acceptors (Lipinski definition) is 4. The molecule has 0 fully saturated rings. The predicted molar refractivity (Wildman–Crippen MR) is 233 cm³/mol. The molecule has 0 amide bonds. The minimum Gasteiger partial charge on any atom is -0.208 e. The van der Waals surface area contributed by atoms with E-state index >= 15 is 0 Å². The van der Waals surface area contributed by atoms with Crippen molar-refractivity contribution in [2.75, 3.05) is 0 Å². The van der Waals surface area contributed by atoms with E-state index in [0.29, 0.717) is 17.5 Å². The van der Waals surface area contributed by atoms with Crippen molar-refractivity contribution in [1.29, 1.82) is 0 Å². The van der Waals surface area contributed by atoms with Crippen molar-refractivity contribution >= 4 is 11.3 Å². The molecule has 9 aromatic rings. The first-order valence-corrected chi connectivity index (χ1v) is 19.8. The van der Waals surface area contributed by atoms with Gasteiger partial charge >= 0.3 is 0 Å². The summed E-state index contributed by atoms with van der Waals surface area (Å²) in [5, 5.41) is 0. The van der Waals surface area contributed by atoms with Crippen LogP contribution in [-0.2, 0) is 5.41 Å². The summed E-state index contributed by atoms with van der Waals surface area (Å²) < 4.78 is 0. The van der Waals surface area contributed by atoms with Gasteiger partial charge < -0.3 is 0 Å². The Balaban J connectivity index is 1.16. The van der Waals surface area contributed by atoms with Crippen molar-refractivity contribution in [1.82, 2.24) is 15.0 Å². The highest BCUT2D eigenvalue weighted by Gasteiger charge is 2.40. The Morgan fingerprint density at radius 1 is 0.357 bits per heavy atom. The molecular weight excluding hydrogens is 699 g/mol. The number of hydrogen-bond donors (Lipinski definition) is 0. The maximum atomic E-state index is 5.12. The molecule has 3 nitrogen and oxygen atoms in total. The molecule has 1 aliphatic carbocycles. The van der Waals surface area contributed by atoms with Crippen LogP contribution in [0.1, 0.15) is 24.3 Å². The van der Waals surface area contributed by atoms with Crippen LogP contribution in [0.25, 0.3) is 89.1 Å². The van der Waals surface area contributed by atoms with Crippen LogP contribution in [0.2, 0.25) is 0 Å². The summed E-state index contributed by atoms with van der Waals surface area (Å²) in [4.78, 5) is 17.9. The second-order valence-corrected chi connectivity index (χ2v) is 15.9. The summed E-state index contributed by atoms with van der Waals surface area (Å²) in [6.07, 6.45) is 0. The van der Waals surface area contributed by atoms with Gasteiger partial charge in [-0.2, -0.15) is 0 Å². The Morgan fingerprint density at radius 2 is 0.786 bits per heavy atom. The quantitative estimate of drug-likeness (QED) is 0.164. The van der Waals surface area contributed by atoms with Crippen LogP contribution in [0.15, 0.2) is 188 Å². The number of aromatic nitrogens is 3. The van der Waals surface area contributed by atoms with Crippen LogP contribution in [0.3, 0.4) is 0 Å². The van der Waals surface area contributed by atoms with Gasteiger partial charge in [0.05, 0.1) is 0 Å². The normalized spacial score (nSPS) is 12.6. The summed E-state index contributed by atoms with van der Waals surface area (Å²) in [5.74, 6) is 1.94. The van der Waals surface area contributed by atoms with Gasteiger partial charge in [-0.25, -0.2) is 15.0 Å². The predicted octanol–water partition coefficient (Wildman–Crippen LogP) is 13.9. The highest BCUT2D eigenvalue weighted by atomic mass is 32.1. The van der Waals surface area contributed by atoms with Crippen molar-refractivity contribution in [3.05, 3.63) is 198 Å². The average molecular weight is 736 g/mol. The molecule has 266 valence electrons. The lowest BCUT2D eigenvalue weighted by atomic mass is 9.85. The zero-order chi connectivity index (χ0) is 37.6. The van der Waals surface area contributed by atoms with Gasteiger partial charge in [0.15, 0.2) is 17.5 Å². The first-order chi connectivity index (χ1) is 27.5. The van der Waals surface area contributed by atoms with Crippen LogP contribution in [0.4, 0.5) is 0 Å². The minimum absolute atomic E-state index is 0.189. The molecule has 1 aliphatic rings. The Kier molecular flexibility index (Phi) is 8.35. The molecule has 0 unspecified atom stereocenters. The van der Waals surface area contributed by atoms with Gasteiger partial charge in [-0.3, -0.25) is 0 Å². The smallest absolute Gasteiger partial charge is 0.164 e. The van der Waals surface area contributed by atoms with E-state index in [2.05, 4.69) is 166 Å². The zero-order valence-electron chi connectivity index (χ0n) is 31.1. The summed E-state index contributed by atoms with van der Waals surface area (Å²) in [6, 6.07) is 66.5. The van der Waals surface area contributed by atoms with Gasteiger partial charge in [-0.15, -0.1) is 11.3 Å². The first-order valence-electron chi connectivity index (χ1n) is 19.0. The lowest BCUT2D eigenvalue weighted by Gasteiger charge is -2.21. The fourth-order valence-corrected chi connectivity index (χ4v) is 9.50. The Hall–Kier alpha value is -6.75. The molecule has 0 aliphatic heterocycles. The second-order valence-electron chi connectivity index (χ2n) is 14.8. The SMILES string of the molecule is CC1(C)c2cc(-c3cc(-c4ccccc4)cc(-c4nc(-c5ccccc5)nc(-c5ccccc5)n4)c3)ccc2-c2c1sc(-c1ccccc1)c2-c1ccccc1. The summed E-state index contributed by atoms with van der Waals surface area (Å²) >= 11 is 1.94. The summed E-state index contributed by atoms with van der Waals surface area (Å²) in [7, 11) is 0. The molecule has 0 atom stereocenters. The fraction of sp³-hybridized carbons (Fsp3) is 0.0577. The van der Waals surface area contributed by atoms with E-state index < -0.39 is 0 Å². The first kappa shape index (κ1) is 33.8. The molecule has 2 heterocycles. The molecule has 0 saturated carbocycles. The molecule has 0 radical (unpaired) electrons. The van der Waals surface area contributed by atoms with E-state index in [1.54, 1.807) is 0 Å². The third-order valence-corrected chi connectivity index (χ3v) is 12.4. The van der Waals surface area contributed by atoms with Crippen LogP contribution in [0, 0.1) is 0 Å². The van der Waals surface area contributed by atoms with Gasteiger partial charge in [0.2, 0.25) is 0 Å². The second kappa shape index (κ2) is 13.8. The lowest BCUT2D eigenvalue weighted by Crippen LogP contribution is -2.13. The van der Waals surface area contributed by atoms with Gasteiger partial charge in [-0.1, -0.05) is 178 Å². The maximum Gasteiger partial charge on any atom is 0.164 e. The summed E-state index contributed by atoms with van der Waals surface area (Å²) in [5.41, 5.74) is 15.0. The van der Waals surface area contributed by atoms with Gasteiger partial charge in [0, 0.05) is 43.0 Å². The van der Waals surface area contributed by atoms with E-state index in [1.165, 1.54) is 43.1 Å². The third-order valence-electron chi connectivity index (χ3n) is 10.9. The third kappa shape index (κ3) is 5.96. The van der Waals surface area contributed by atoms with Gasteiger partial charge in [0.25, 0.3) is 0 Å². The number of thiophene rings is 1. The minimum atomic E-state index is -0.189. The molecule has 56 heavy (non-hydrogen) atoms. The average Bonchev–Trinajstić information content (AvgIpc) is 3.78. The molecular formula is C52H37N3S. The van der Waals surface area contributed by atoms with E-state index in [0.717, 1.165) is 38.9 Å². The zero-order valence-corrected chi connectivity index (χ0v) is 32.0. The standard InChI is InChI=1S/C52H37N3S/c1-52(2)44-33-39(28-29-43(44)46-45(35-20-10-4-11-21-35)47(56-48(46)52)36-22-12-5-13-23-36)41-30-40(34-18-8-3-9-19-34)31-42(32-41)51-54-49(37-24-14-6-15-25-37)53-50(55-51)38-26-16-7-17-27-38/h3-33H,1-2H3. The molecule has 10 rings (SSSR count). The van der Waals surface area contributed by atoms with E-state index in [1.807, 2.05) is 47.7 Å². The molecule has 7 aromatic carbocycles. The molecule has 4 heteroatoms. The maximum absolute atomic E-state index is 5.12. The highest BCUT2D eigenvalue weighted by Crippen LogP contribution is 2.59. The highest BCUT2D eigenvalue weighted by molar-refractivity contribution is 7.17. The largest absolute Gasteiger partial charge is 0.208 e. The van der Waals surface area contributed by atoms with E-state index in [4.69, 9.17) is 15.0 Å². The summed E-state index contributed by atoms with van der Waals surface area (Å²) in [6.45, 7) is 4.77. The van der Waals surface area contributed by atoms with E-state index in [-0.39, 0.29) is 5.41 Å². The monoisotopic (exact) mass is 735 g/mol. The molecule has 0 saturated heterocycles. The number of fused-ring (bicyclic) bond motifs is 3. The van der Waals surface area contributed by atoms with Crippen molar-refractivity contribution < 1.29 is 0 Å². The Labute approximate surface area is 331 Å². The van der Waals surface area contributed by atoms with Crippen LogP contribution in [-0.4, -0.2) is 15.0 Å². The number of benzene rings is 7. The van der Waals surface area contributed by atoms with Crippen molar-refractivity contribution in [2.24, 2.45) is 0 Å². The lowest BCUT2D eigenvalue weighted by molar-refractivity contribution is 0.674. The van der Waals surface area contributed by atoms with Crippen LogP contribution in [0.5, 0.6) is 0 Å². The Morgan fingerprint density at radius 3 is 1.32 bits per heavy atom. The number of nitrogens with zero attached hydrogens (tertiary/aromatic N) is 3. The molecule has 0 N–H and O–H groups in total. The topological polar surface area (TPSA) is 38.7 Å². The van der Waals surface area contributed by atoms with Crippen LogP contribution >= 0.6 is 11.3 Å². The van der Waals surface area contributed by atoms with Crippen molar-refractivity contribution in [3.8, 4) is 89.1 Å². The Bertz CT molecular complexity index is 2790. The molecule has 0 bridgehead atoms. The van der Waals surface area contributed by atoms with Crippen molar-refractivity contribution in [2.45, 2.75) is 19.3 Å². The fourth-order valence-electron chi connectivity index (χ4n) is 8.04. The van der Waals surface area contributed by atoms with Crippen LogP contribution < -0.4 is 0 Å². The van der Waals surface area contributed by atoms with Crippen molar-refractivity contribution in [3.63, 3.8) is 0 Å². The van der Waals surface area contributed by atoms with Gasteiger partial charge in [-0.05, 0) is 68.8 Å². The van der Waals surface area contributed by atoms with E-state index in [9.17, 15) is 0 Å². The number of rotatable bonds is 7.